The van der Waals surface area contributed by atoms with Crippen molar-refractivity contribution in [2.24, 2.45) is 5.92 Å². The van der Waals surface area contributed by atoms with Crippen molar-refractivity contribution < 1.29 is 9.47 Å². The average molecular weight is 274 g/mol. The summed E-state index contributed by atoms with van der Waals surface area (Å²) < 4.78 is 10.6. The zero-order valence-electron chi connectivity index (χ0n) is 12.3. The van der Waals surface area contributed by atoms with E-state index in [1.807, 2.05) is 12.1 Å². The zero-order valence-corrected chi connectivity index (χ0v) is 12.3. The normalized spacial score (nSPS) is 16.9. The molecule has 1 aromatic carbocycles. The van der Waals surface area contributed by atoms with E-state index in [0.29, 0.717) is 11.5 Å². The quantitative estimate of drug-likeness (QED) is 0.827. The second kappa shape index (κ2) is 7.28. The minimum atomic E-state index is 0.684. The van der Waals surface area contributed by atoms with Crippen LogP contribution >= 0.6 is 0 Å². The van der Waals surface area contributed by atoms with Gasteiger partial charge in [-0.1, -0.05) is 0 Å². The number of methoxy groups -OCH3 is 2. The average Bonchev–Trinajstić information content (AvgIpc) is 2.49. The van der Waals surface area contributed by atoms with Crippen LogP contribution < -0.4 is 4.74 Å². The molecule has 1 heterocycles. The molecule has 4 nitrogen and oxygen atoms in total. The Hall–Kier alpha value is -1.57. The summed E-state index contributed by atoms with van der Waals surface area (Å²) >= 11 is 0. The third kappa shape index (κ3) is 3.72. The Labute approximate surface area is 120 Å². The molecule has 20 heavy (non-hydrogen) atoms. The van der Waals surface area contributed by atoms with Crippen molar-refractivity contribution in [1.82, 2.24) is 4.90 Å². The molecule has 4 heteroatoms. The highest BCUT2D eigenvalue weighted by Crippen LogP contribution is 2.24. The Morgan fingerprint density at radius 2 is 2.05 bits per heavy atom. The number of nitriles is 1. The molecule has 0 spiro atoms. The van der Waals surface area contributed by atoms with Crippen LogP contribution in [0.15, 0.2) is 18.2 Å². The largest absolute Gasteiger partial charge is 0.496 e. The maximum absolute atomic E-state index is 9.01. The fraction of sp³-hybridized carbons (Fsp3) is 0.562. The predicted octanol–water partition coefficient (Wildman–Crippen LogP) is 2.43. The molecule has 0 unspecified atom stereocenters. The van der Waals surface area contributed by atoms with Crippen LogP contribution in [0.3, 0.4) is 0 Å². The summed E-state index contributed by atoms with van der Waals surface area (Å²) in [5.41, 5.74) is 1.78. The summed E-state index contributed by atoms with van der Waals surface area (Å²) in [6.45, 7) is 3.86. The highest BCUT2D eigenvalue weighted by molar-refractivity contribution is 5.42. The van der Waals surface area contributed by atoms with E-state index in [2.05, 4.69) is 11.0 Å². The predicted molar refractivity (Wildman–Crippen MR) is 77.6 cm³/mol. The second-order valence-electron chi connectivity index (χ2n) is 5.31. The van der Waals surface area contributed by atoms with Crippen molar-refractivity contribution in [3.8, 4) is 11.8 Å². The fourth-order valence-corrected chi connectivity index (χ4v) is 2.76. The van der Waals surface area contributed by atoms with E-state index in [1.165, 1.54) is 12.8 Å². The Morgan fingerprint density at radius 1 is 1.30 bits per heavy atom. The van der Waals surface area contributed by atoms with Gasteiger partial charge in [0, 0.05) is 25.8 Å². The molecule has 1 aliphatic rings. The molecule has 0 atom stereocenters. The number of piperidine rings is 1. The molecular weight excluding hydrogens is 252 g/mol. The van der Waals surface area contributed by atoms with E-state index in [4.69, 9.17) is 14.7 Å². The van der Waals surface area contributed by atoms with Crippen molar-refractivity contribution in [1.29, 1.82) is 5.26 Å². The number of ether oxygens (including phenoxy) is 2. The van der Waals surface area contributed by atoms with Crippen molar-refractivity contribution in [2.75, 3.05) is 33.9 Å². The molecule has 0 N–H and O–H groups in total. The molecular formula is C16H22N2O2. The SMILES string of the molecule is COCC1CCN(Cc2cc(C#N)ccc2OC)CC1. The van der Waals surface area contributed by atoms with E-state index in [1.54, 1.807) is 20.3 Å². The molecule has 0 aromatic heterocycles. The molecule has 0 amide bonds. The van der Waals surface area contributed by atoms with E-state index in [0.717, 1.165) is 37.6 Å². The Balaban J connectivity index is 1.98. The number of likely N-dealkylation sites (tertiary alicyclic amines) is 1. The van der Waals surface area contributed by atoms with E-state index < -0.39 is 0 Å². The maximum Gasteiger partial charge on any atom is 0.123 e. The number of rotatable bonds is 5. The Bertz CT molecular complexity index is 474. The molecule has 0 radical (unpaired) electrons. The molecule has 0 saturated carbocycles. The molecule has 0 aliphatic carbocycles. The van der Waals surface area contributed by atoms with Crippen molar-refractivity contribution in [3.05, 3.63) is 29.3 Å². The summed E-state index contributed by atoms with van der Waals surface area (Å²) in [5, 5.41) is 9.01. The first-order valence-electron chi connectivity index (χ1n) is 7.05. The van der Waals surface area contributed by atoms with Gasteiger partial charge in [-0.2, -0.15) is 5.26 Å². The molecule has 0 bridgehead atoms. The summed E-state index contributed by atoms with van der Waals surface area (Å²) in [4.78, 5) is 2.42. The topological polar surface area (TPSA) is 45.5 Å². The molecule has 2 rings (SSSR count). The van der Waals surface area contributed by atoms with Gasteiger partial charge >= 0.3 is 0 Å². The first-order chi connectivity index (χ1) is 9.76. The fourth-order valence-electron chi connectivity index (χ4n) is 2.76. The van der Waals surface area contributed by atoms with Crippen molar-refractivity contribution in [2.45, 2.75) is 19.4 Å². The smallest absolute Gasteiger partial charge is 0.123 e. The third-order valence-electron chi connectivity index (χ3n) is 3.91. The van der Waals surface area contributed by atoms with Crippen LogP contribution in [-0.4, -0.2) is 38.8 Å². The van der Waals surface area contributed by atoms with Crippen LogP contribution in [0.5, 0.6) is 5.75 Å². The third-order valence-corrected chi connectivity index (χ3v) is 3.91. The molecule has 1 saturated heterocycles. The van der Waals surface area contributed by atoms with E-state index >= 15 is 0 Å². The number of nitrogens with zero attached hydrogens (tertiary/aromatic N) is 2. The summed E-state index contributed by atoms with van der Waals surface area (Å²) in [6.07, 6.45) is 2.35. The number of hydrogen-bond acceptors (Lipinski definition) is 4. The molecule has 108 valence electrons. The van der Waals surface area contributed by atoms with Gasteiger partial charge in [0.05, 0.1) is 18.7 Å². The van der Waals surface area contributed by atoms with Crippen LogP contribution in [0, 0.1) is 17.2 Å². The summed E-state index contributed by atoms with van der Waals surface area (Å²) in [7, 11) is 3.44. The lowest BCUT2D eigenvalue weighted by Crippen LogP contribution is -2.34. The van der Waals surface area contributed by atoms with Crippen molar-refractivity contribution in [3.63, 3.8) is 0 Å². The van der Waals surface area contributed by atoms with Crippen molar-refractivity contribution >= 4 is 0 Å². The lowest BCUT2D eigenvalue weighted by Gasteiger charge is -2.31. The van der Waals surface area contributed by atoms with E-state index in [-0.39, 0.29) is 0 Å². The zero-order chi connectivity index (χ0) is 14.4. The van der Waals surface area contributed by atoms with Crippen LogP contribution in [0.2, 0.25) is 0 Å². The second-order valence-corrected chi connectivity index (χ2v) is 5.31. The first kappa shape index (κ1) is 14.8. The Kier molecular flexibility index (Phi) is 5.40. The number of benzene rings is 1. The van der Waals surface area contributed by atoms with Gasteiger partial charge in [0.1, 0.15) is 5.75 Å². The Morgan fingerprint density at radius 3 is 2.65 bits per heavy atom. The molecule has 1 aromatic rings. The molecule has 1 aliphatic heterocycles. The van der Waals surface area contributed by atoms with Gasteiger partial charge in [0.15, 0.2) is 0 Å². The maximum atomic E-state index is 9.01. The highest BCUT2D eigenvalue weighted by atomic mass is 16.5. The van der Waals surface area contributed by atoms with Gasteiger partial charge in [-0.05, 0) is 50.0 Å². The lowest BCUT2D eigenvalue weighted by atomic mass is 9.97. The van der Waals surface area contributed by atoms with Gasteiger partial charge in [-0.3, -0.25) is 4.90 Å². The van der Waals surface area contributed by atoms with Crippen LogP contribution in [-0.2, 0) is 11.3 Å². The summed E-state index contributed by atoms with van der Waals surface area (Å²) in [5.74, 6) is 1.55. The van der Waals surface area contributed by atoms with Gasteiger partial charge in [-0.25, -0.2) is 0 Å². The monoisotopic (exact) mass is 274 g/mol. The van der Waals surface area contributed by atoms with Gasteiger partial charge in [0.25, 0.3) is 0 Å². The number of hydrogen-bond donors (Lipinski definition) is 0. The lowest BCUT2D eigenvalue weighted by molar-refractivity contribution is 0.0965. The minimum Gasteiger partial charge on any atom is -0.496 e. The van der Waals surface area contributed by atoms with Crippen LogP contribution in [0.25, 0.3) is 0 Å². The summed E-state index contributed by atoms with van der Waals surface area (Å²) in [6, 6.07) is 7.80. The van der Waals surface area contributed by atoms with E-state index in [9.17, 15) is 0 Å². The van der Waals surface area contributed by atoms with Gasteiger partial charge < -0.3 is 9.47 Å². The molecule has 1 fully saturated rings. The van der Waals surface area contributed by atoms with Gasteiger partial charge in [0.2, 0.25) is 0 Å². The van der Waals surface area contributed by atoms with Gasteiger partial charge in [-0.15, -0.1) is 0 Å². The highest BCUT2D eigenvalue weighted by Gasteiger charge is 2.20. The van der Waals surface area contributed by atoms with Crippen LogP contribution in [0.1, 0.15) is 24.0 Å². The minimum absolute atomic E-state index is 0.684. The standard InChI is InChI=1S/C16H22N2O2/c1-19-12-13-5-7-18(8-6-13)11-15-9-14(10-17)3-4-16(15)20-2/h3-4,9,13H,5-8,11-12H2,1-2H3. The van der Waals surface area contributed by atoms with Crippen LogP contribution in [0.4, 0.5) is 0 Å². The first-order valence-corrected chi connectivity index (χ1v) is 7.05.